The molecule has 26 heteroatoms. The summed E-state index contributed by atoms with van der Waals surface area (Å²) in [5.74, 6) is -2.57. The van der Waals surface area contributed by atoms with E-state index in [1.54, 1.807) is 41.5 Å². The topological polar surface area (TPSA) is 241 Å². The van der Waals surface area contributed by atoms with E-state index < -0.39 is 87.8 Å². The number of fused-ring (bicyclic) bond motifs is 6. The van der Waals surface area contributed by atoms with Crippen molar-refractivity contribution in [3.05, 3.63) is 103 Å². The molecule has 0 spiro atoms. The maximum absolute atomic E-state index is 17.1. The SMILES string of the molecule is C=C(COC(=O)N1CCC[C@H]1CN(C)C(=O)O[C@]1(CC)C(=O)OCc2c1cc1n(c2=O)Cc2c-1nc1ccc(O)cc1c2CC)C(=O)N1CCN(c2nc(OC[C@@H]3CCCN3C)nc3c(F)c(-c4nc(N)cc(C)c4C(F)(F)F)c(Cl)cc23)[C@@H](C)C1. The number of nitrogens with zero attached hydrogens (tertiary/aromatic N) is 10. The monoisotopic (exact) mass is 1210 g/mol. The number of phenols is 1. The largest absolute Gasteiger partial charge is 0.508 e. The fourth-order valence-corrected chi connectivity index (χ4v) is 13.1. The summed E-state index contributed by atoms with van der Waals surface area (Å²) in [6, 6.07) is 7.60. The second-order valence-electron chi connectivity index (χ2n) is 22.7. The molecule has 11 rings (SSSR count). The minimum Gasteiger partial charge on any atom is -0.508 e. The lowest BCUT2D eigenvalue weighted by atomic mass is 9.85. The average Bonchev–Trinajstić information content (AvgIpc) is 1.41. The number of carbonyl (C=O) groups excluding carboxylic acids is 4. The number of amides is 3. The van der Waals surface area contributed by atoms with Crippen LogP contribution in [0.3, 0.4) is 0 Å². The second-order valence-corrected chi connectivity index (χ2v) is 23.1. The smallest absolute Gasteiger partial charge is 0.418 e. The summed E-state index contributed by atoms with van der Waals surface area (Å²) in [5.41, 5.74) is 3.85. The quantitative estimate of drug-likeness (QED) is 0.0476. The van der Waals surface area contributed by atoms with Crippen molar-refractivity contribution < 1.29 is 60.8 Å². The zero-order valence-corrected chi connectivity index (χ0v) is 49.0. The van der Waals surface area contributed by atoms with Gasteiger partial charge in [0.15, 0.2) is 5.82 Å². The molecule has 3 amide bonds. The zero-order valence-electron chi connectivity index (χ0n) is 48.3. The molecule has 4 atom stereocenters. The number of rotatable bonds is 13. The first-order chi connectivity index (χ1) is 40.9. The molecule has 454 valence electrons. The number of likely N-dealkylation sites (tertiary alicyclic amines) is 2. The maximum Gasteiger partial charge on any atom is 0.418 e. The number of piperazine rings is 1. The van der Waals surface area contributed by atoms with Crippen LogP contribution >= 0.6 is 11.6 Å². The van der Waals surface area contributed by atoms with E-state index in [-0.39, 0.29) is 122 Å². The molecular formula is C60H64ClF4N11O10. The number of ether oxygens (including phenoxy) is 4. The molecule has 86 heavy (non-hydrogen) atoms. The Labute approximate surface area is 496 Å². The first-order valence-corrected chi connectivity index (χ1v) is 28.9. The zero-order chi connectivity index (χ0) is 61.4. The van der Waals surface area contributed by atoms with Crippen molar-refractivity contribution in [2.45, 2.75) is 109 Å². The molecule has 4 aromatic heterocycles. The standard InChI is InChI=1S/C60H64ClF4N11O10/c1-8-36-37-21-35(77)14-15-43(37)67-49-39(36)26-76-44(49)23-41-40(54(76)79)29-83-55(80)59(41,9-2)86-57(81)72(7)25-33-12-11-17-75(33)58(82)85-27-31(4)53(78)73-18-19-74(32(5)24-73)52-38-22-42(61)46(51-47(60(63,64)65)30(3)20-45(66)68-51)48(62)50(38)69-56(70-52)84-28-34-13-10-16-71(34)6/h14-15,20-23,32-34,77H,4,8-13,16-19,24-29H2,1-3,5-7H3,(H2,66,68)/t32-,33-,34-,59-/m0/s1. The third kappa shape index (κ3) is 10.5. The molecule has 0 unspecified atom stereocenters. The number of aryl methyl sites for hydroxylation is 2. The Morgan fingerprint density at radius 2 is 1.73 bits per heavy atom. The van der Waals surface area contributed by atoms with Gasteiger partial charge in [-0.3, -0.25) is 9.59 Å². The van der Waals surface area contributed by atoms with E-state index in [4.69, 9.17) is 46.3 Å². The average molecular weight is 1210 g/mol. The molecular weight excluding hydrogens is 1150 g/mol. The number of esters is 1. The van der Waals surface area contributed by atoms with Gasteiger partial charge in [-0.15, -0.1) is 0 Å². The number of anilines is 2. The Morgan fingerprint density at radius 1 is 0.977 bits per heavy atom. The van der Waals surface area contributed by atoms with Crippen molar-refractivity contribution in [1.82, 2.24) is 44.1 Å². The van der Waals surface area contributed by atoms with Crippen LogP contribution in [0.15, 0.2) is 53.3 Å². The van der Waals surface area contributed by atoms with E-state index in [1.807, 2.05) is 14.0 Å². The minimum atomic E-state index is -4.95. The number of hydrogen-bond donors (Lipinski definition) is 2. The summed E-state index contributed by atoms with van der Waals surface area (Å²) in [6.45, 7) is 11.5. The lowest BCUT2D eigenvalue weighted by molar-refractivity contribution is -0.173. The molecule has 2 aromatic carbocycles. The second kappa shape index (κ2) is 22.8. The number of aromatic hydroxyl groups is 1. The van der Waals surface area contributed by atoms with Gasteiger partial charge >= 0.3 is 30.3 Å². The van der Waals surface area contributed by atoms with E-state index in [1.165, 1.54) is 40.8 Å². The van der Waals surface area contributed by atoms with E-state index in [0.29, 0.717) is 36.2 Å². The molecule has 9 heterocycles. The van der Waals surface area contributed by atoms with Crippen LogP contribution in [0.4, 0.5) is 38.8 Å². The molecule has 0 aliphatic carbocycles. The Bertz CT molecular complexity index is 3880. The summed E-state index contributed by atoms with van der Waals surface area (Å²) >= 11 is 6.72. The van der Waals surface area contributed by atoms with Crippen molar-refractivity contribution in [2.75, 3.05) is 77.2 Å². The summed E-state index contributed by atoms with van der Waals surface area (Å²) < 4.78 is 85.8. The Balaban J connectivity index is 0.756. The third-order valence-electron chi connectivity index (χ3n) is 17.3. The molecule has 3 saturated heterocycles. The lowest BCUT2D eigenvalue weighted by Gasteiger charge is -2.41. The van der Waals surface area contributed by atoms with E-state index in [2.05, 4.69) is 21.4 Å². The van der Waals surface area contributed by atoms with Crippen molar-refractivity contribution >= 4 is 69.1 Å². The first kappa shape index (κ1) is 59.4. The summed E-state index contributed by atoms with van der Waals surface area (Å²) in [4.78, 5) is 96.2. The fourth-order valence-electron chi connectivity index (χ4n) is 12.8. The number of nitrogens with two attached hydrogens (primary N) is 1. The number of hydrogen-bond acceptors (Lipinski definition) is 17. The van der Waals surface area contributed by atoms with Crippen molar-refractivity contribution in [3.8, 4) is 34.4 Å². The fraction of sp³-hybridized carbons (Fsp3) is 0.450. The Hall–Kier alpha value is -8.32. The van der Waals surface area contributed by atoms with Crippen LogP contribution in [0.2, 0.25) is 5.02 Å². The first-order valence-electron chi connectivity index (χ1n) is 28.5. The van der Waals surface area contributed by atoms with Crippen LogP contribution < -0.4 is 20.9 Å². The molecule has 0 bridgehead atoms. The number of phenolic OH excluding ortho intramolecular Hbond substituents is 1. The van der Waals surface area contributed by atoms with Gasteiger partial charge in [0.2, 0.25) is 5.60 Å². The summed E-state index contributed by atoms with van der Waals surface area (Å²) in [5, 5.41) is 10.7. The molecule has 21 nitrogen and oxygen atoms in total. The van der Waals surface area contributed by atoms with Gasteiger partial charge in [-0.05, 0) is 113 Å². The Morgan fingerprint density at radius 3 is 2.44 bits per heavy atom. The predicted molar refractivity (Wildman–Crippen MR) is 309 cm³/mol. The highest BCUT2D eigenvalue weighted by atomic mass is 35.5. The van der Waals surface area contributed by atoms with Crippen molar-refractivity contribution in [3.63, 3.8) is 0 Å². The molecule has 0 saturated carbocycles. The van der Waals surface area contributed by atoms with Gasteiger partial charge in [0.25, 0.3) is 11.5 Å². The number of pyridine rings is 3. The summed E-state index contributed by atoms with van der Waals surface area (Å²) in [6.07, 6.45) is -3.30. The van der Waals surface area contributed by atoms with Crippen LogP contribution in [0.25, 0.3) is 44.5 Å². The molecule has 5 aliphatic rings. The van der Waals surface area contributed by atoms with Gasteiger partial charge in [0.05, 0.1) is 56.9 Å². The third-order valence-corrected chi connectivity index (χ3v) is 17.6. The maximum atomic E-state index is 17.1. The number of halogens is 5. The van der Waals surface area contributed by atoms with E-state index >= 15 is 4.39 Å². The highest BCUT2D eigenvalue weighted by molar-refractivity contribution is 6.34. The van der Waals surface area contributed by atoms with Crippen molar-refractivity contribution in [2.24, 2.45) is 0 Å². The highest BCUT2D eigenvalue weighted by Gasteiger charge is 2.51. The molecule has 5 aliphatic heterocycles. The number of likely N-dealkylation sites (N-methyl/N-ethyl adjacent to an activating group) is 2. The number of nitrogen functional groups attached to an aromatic ring is 1. The Kier molecular flexibility index (Phi) is 15.8. The van der Waals surface area contributed by atoms with Gasteiger partial charge < -0.3 is 58.9 Å². The van der Waals surface area contributed by atoms with Crippen LogP contribution in [-0.4, -0.2) is 158 Å². The number of carbonyl (C=O) groups is 4. The normalized spacial score (nSPS) is 20.2. The molecule has 3 fully saturated rings. The van der Waals surface area contributed by atoms with Crippen LogP contribution in [0.5, 0.6) is 11.8 Å². The molecule has 3 N–H and O–H groups in total. The molecule has 0 radical (unpaired) electrons. The van der Waals surface area contributed by atoms with Crippen LogP contribution in [-0.2, 0) is 55.1 Å². The molecule has 6 aromatic rings. The van der Waals surface area contributed by atoms with E-state index in [0.717, 1.165) is 42.0 Å². The number of alkyl halides is 3. The number of benzene rings is 2. The van der Waals surface area contributed by atoms with E-state index in [9.17, 15) is 42.3 Å². The van der Waals surface area contributed by atoms with Gasteiger partial charge in [-0.25, -0.2) is 28.7 Å². The number of aromatic nitrogens is 5. The van der Waals surface area contributed by atoms with Crippen LogP contribution in [0.1, 0.15) is 86.3 Å². The van der Waals surface area contributed by atoms with Gasteiger partial charge in [0.1, 0.15) is 42.7 Å². The lowest BCUT2D eigenvalue weighted by Crippen LogP contribution is -2.54. The van der Waals surface area contributed by atoms with Gasteiger partial charge in [-0.2, -0.15) is 23.1 Å². The van der Waals surface area contributed by atoms with Gasteiger partial charge in [0, 0.05) is 79.3 Å². The minimum absolute atomic E-state index is 0.00448. The predicted octanol–water partition coefficient (Wildman–Crippen LogP) is 8.50. The van der Waals surface area contributed by atoms with Crippen LogP contribution in [0, 0.1) is 12.7 Å². The number of cyclic esters (lactones) is 1. The highest BCUT2D eigenvalue weighted by Crippen LogP contribution is 2.46. The van der Waals surface area contributed by atoms with Crippen molar-refractivity contribution in [1.29, 1.82) is 0 Å². The summed E-state index contributed by atoms with van der Waals surface area (Å²) in [7, 11) is 3.41. The van der Waals surface area contributed by atoms with Gasteiger partial charge in [-0.1, -0.05) is 32.0 Å².